The molecule has 0 heterocycles. The van der Waals surface area contributed by atoms with Gasteiger partial charge in [0, 0.05) is 12.5 Å². The summed E-state index contributed by atoms with van der Waals surface area (Å²) in [6.45, 7) is -0.470. The predicted octanol–water partition coefficient (Wildman–Crippen LogP) is 3.03. The highest BCUT2D eigenvalue weighted by Crippen LogP contribution is 2.27. The average molecular weight is 297 g/mol. The highest BCUT2D eigenvalue weighted by Gasteiger charge is 2.19. The van der Waals surface area contributed by atoms with Crippen molar-refractivity contribution >= 4 is 17.6 Å². The first-order chi connectivity index (χ1) is 10.0. The Hall–Kier alpha value is -1.98. The van der Waals surface area contributed by atoms with Crippen LogP contribution >= 0.6 is 0 Å². The minimum absolute atomic E-state index is 0.145. The monoisotopic (exact) mass is 297 g/mol. The van der Waals surface area contributed by atoms with E-state index in [-0.39, 0.29) is 5.69 Å². The first-order valence-electron chi connectivity index (χ1n) is 6.95. The average Bonchev–Trinajstić information content (AvgIpc) is 2.92. The van der Waals surface area contributed by atoms with E-state index >= 15 is 0 Å². The number of benzene rings is 1. The molecule has 1 amide bonds. The van der Waals surface area contributed by atoms with Gasteiger partial charge in [-0.05, 0) is 30.9 Å². The molecule has 2 rings (SSSR count). The molecule has 4 nitrogen and oxygen atoms in total. The minimum Gasteiger partial charge on any atom is -0.456 e. The van der Waals surface area contributed by atoms with Crippen LogP contribution in [-0.4, -0.2) is 18.5 Å². The van der Waals surface area contributed by atoms with Crippen LogP contribution in [0.15, 0.2) is 18.2 Å². The van der Waals surface area contributed by atoms with E-state index in [4.69, 9.17) is 4.74 Å². The van der Waals surface area contributed by atoms with Crippen molar-refractivity contribution in [2.75, 3.05) is 11.9 Å². The topological polar surface area (TPSA) is 55.4 Å². The van der Waals surface area contributed by atoms with Crippen molar-refractivity contribution in [3.8, 4) is 0 Å². The van der Waals surface area contributed by atoms with Gasteiger partial charge in [-0.2, -0.15) is 0 Å². The normalized spacial score (nSPS) is 15.0. The van der Waals surface area contributed by atoms with Gasteiger partial charge in [0.05, 0.1) is 5.69 Å². The van der Waals surface area contributed by atoms with Crippen molar-refractivity contribution in [2.45, 2.75) is 32.1 Å². The molecule has 0 spiro atoms. The standard InChI is InChI=1S/C15H17F2NO3/c16-11-5-6-13(12(17)8-11)18-14(19)9-21-15(20)7-10-3-1-2-4-10/h5-6,8,10H,1-4,7,9H2,(H,18,19). The zero-order chi connectivity index (χ0) is 15.2. The van der Waals surface area contributed by atoms with Crippen LogP contribution in [0.4, 0.5) is 14.5 Å². The third kappa shape index (κ3) is 4.81. The summed E-state index contributed by atoms with van der Waals surface area (Å²) >= 11 is 0. The molecule has 1 aromatic rings. The van der Waals surface area contributed by atoms with E-state index in [0.29, 0.717) is 18.4 Å². The molecule has 114 valence electrons. The summed E-state index contributed by atoms with van der Waals surface area (Å²) in [5, 5.41) is 2.23. The molecule has 1 aliphatic rings. The fourth-order valence-corrected chi connectivity index (χ4v) is 2.43. The van der Waals surface area contributed by atoms with E-state index in [1.54, 1.807) is 0 Å². The number of esters is 1. The Morgan fingerprint density at radius 3 is 2.62 bits per heavy atom. The number of carbonyl (C=O) groups is 2. The molecule has 6 heteroatoms. The lowest BCUT2D eigenvalue weighted by Gasteiger charge is -2.09. The molecule has 1 aromatic carbocycles. The van der Waals surface area contributed by atoms with Gasteiger partial charge in [-0.3, -0.25) is 9.59 Å². The first-order valence-corrected chi connectivity index (χ1v) is 6.95. The molecule has 0 radical (unpaired) electrons. The quantitative estimate of drug-likeness (QED) is 0.850. The molecule has 1 N–H and O–H groups in total. The third-order valence-corrected chi connectivity index (χ3v) is 3.50. The molecule has 21 heavy (non-hydrogen) atoms. The fourth-order valence-electron chi connectivity index (χ4n) is 2.43. The van der Waals surface area contributed by atoms with Gasteiger partial charge in [0.15, 0.2) is 6.61 Å². The summed E-state index contributed by atoms with van der Waals surface area (Å²) in [5.41, 5.74) is -0.145. The first kappa shape index (κ1) is 15.4. The van der Waals surface area contributed by atoms with Crippen LogP contribution in [0.25, 0.3) is 0 Å². The summed E-state index contributed by atoms with van der Waals surface area (Å²) in [6, 6.07) is 2.81. The molecule has 0 saturated heterocycles. The number of nitrogens with one attached hydrogen (secondary N) is 1. The molecule has 0 atom stereocenters. The number of carbonyl (C=O) groups excluding carboxylic acids is 2. The van der Waals surface area contributed by atoms with E-state index < -0.39 is 30.1 Å². The Balaban J connectivity index is 1.75. The minimum atomic E-state index is -0.874. The summed E-state index contributed by atoms with van der Waals surface area (Å²) < 4.78 is 30.9. The molecule has 1 aliphatic carbocycles. The van der Waals surface area contributed by atoms with Gasteiger partial charge >= 0.3 is 5.97 Å². The number of halogens is 2. The van der Waals surface area contributed by atoms with E-state index in [1.165, 1.54) is 0 Å². The van der Waals surface area contributed by atoms with Gasteiger partial charge < -0.3 is 10.1 Å². The highest BCUT2D eigenvalue weighted by molar-refractivity contribution is 5.92. The summed E-state index contributed by atoms with van der Waals surface area (Å²) in [5.74, 6) is -2.33. The Bertz CT molecular complexity index is 528. The number of rotatable bonds is 5. The van der Waals surface area contributed by atoms with Crippen LogP contribution in [0, 0.1) is 17.6 Å². The molecule has 0 unspecified atom stereocenters. The SMILES string of the molecule is O=C(COC(=O)CC1CCCC1)Nc1ccc(F)cc1F. The lowest BCUT2D eigenvalue weighted by molar-refractivity contribution is -0.148. The van der Waals surface area contributed by atoms with Crippen molar-refractivity contribution in [2.24, 2.45) is 5.92 Å². The second-order valence-corrected chi connectivity index (χ2v) is 5.19. The molecule has 0 aromatic heterocycles. The van der Waals surface area contributed by atoms with Crippen LogP contribution in [-0.2, 0) is 14.3 Å². The van der Waals surface area contributed by atoms with E-state index in [0.717, 1.165) is 37.8 Å². The summed E-state index contributed by atoms with van der Waals surface area (Å²) in [7, 11) is 0. The summed E-state index contributed by atoms with van der Waals surface area (Å²) in [6.07, 6.45) is 4.60. The van der Waals surface area contributed by atoms with Crippen LogP contribution in [0.1, 0.15) is 32.1 Å². The van der Waals surface area contributed by atoms with Gasteiger partial charge in [-0.25, -0.2) is 8.78 Å². The number of amides is 1. The van der Waals surface area contributed by atoms with Crippen molar-refractivity contribution in [1.82, 2.24) is 0 Å². The fraction of sp³-hybridized carbons (Fsp3) is 0.467. The number of anilines is 1. The molecular weight excluding hydrogens is 280 g/mol. The van der Waals surface area contributed by atoms with Crippen LogP contribution in [0.3, 0.4) is 0 Å². The maximum Gasteiger partial charge on any atom is 0.306 e. The maximum absolute atomic E-state index is 13.3. The van der Waals surface area contributed by atoms with Gasteiger partial charge in [0.25, 0.3) is 5.91 Å². The van der Waals surface area contributed by atoms with Gasteiger partial charge in [0.2, 0.25) is 0 Å². The van der Waals surface area contributed by atoms with E-state index in [9.17, 15) is 18.4 Å². The molecular formula is C15H17F2NO3. The number of hydrogen-bond acceptors (Lipinski definition) is 3. The molecule has 0 aliphatic heterocycles. The highest BCUT2D eigenvalue weighted by atomic mass is 19.1. The lowest BCUT2D eigenvalue weighted by Crippen LogP contribution is -2.22. The molecule has 1 saturated carbocycles. The van der Waals surface area contributed by atoms with Crippen LogP contribution < -0.4 is 5.32 Å². The van der Waals surface area contributed by atoms with Crippen LogP contribution in [0.5, 0.6) is 0 Å². The zero-order valence-corrected chi connectivity index (χ0v) is 11.5. The van der Waals surface area contributed by atoms with Crippen molar-refractivity contribution in [3.63, 3.8) is 0 Å². The Morgan fingerprint density at radius 2 is 1.95 bits per heavy atom. The number of ether oxygens (including phenoxy) is 1. The van der Waals surface area contributed by atoms with Crippen molar-refractivity contribution in [1.29, 1.82) is 0 Å². The maximum atomic E-state index is 13.3. The smallest absolute Gasteiger partial charge is 0.306 e. The second-order valence-electron chi connectivity index (χ2n) is 5.19. The largest absolute Gasteiger partial charge is 0.456 e. The second kappa shape index (κ2) is 7.15. The predicted molar refractivity (Wildman–Crippen MR) is 72.5 cm³/mol. The van der Waals surface area contributed by atoms with Gasteiger partial charge in [-0.15, -0.1) is 0 Å². The Labute approximate surface area is 121 Å². The van der Waals surface area contributed by atoms with Crippen molar-refractivity contribution < 1.29 is 23.1 Å². The zero-order valence-electron chi connectivity index (χ0n) is 11.5. The van der Waals surface area contributed by atoms with Gasteiger partial charge in [0.1, 0.15) is 11.6 Å². The molecule has 0 bridgehead atoms. The Morgan fingerprint density at radius 1 is 1.24 bits per heavy atom. The Kier molecular flexibility index (Phi) is 5.25. The van der Waals surface area contributed by atoms with Crippen LogP contribution in [0.2, 0.25) is 0 Å². The lowest BCUT2D eigenvalue weighted by atomic mass is 10.1. The van der Waals surface area contributed by atoms with E-state index in [1.807, 2.05) is 0 Å². The molecule has 1 fully saturated rings. The summed E-state index contributed by atoms with van der Waals surface area (Å²) in [4.78, 5) is 23.1. The number of hydrogen-bond donors (Lipinski definition) is 1. The van der Waals surface area contributed by atoms with Gasteiger partial charge in [-0.1, -0.05) is 12.8 Å². The van der Waals surface area contributed by atoms with Crippen molar-refractivity contribution in [3.05, 3.63) is 29.8 Å². The third-order valence-electron chi connectivity index (χ3n) is 3.50. The van der Waals surface area contributed by atoms with E-state index in [2.05, 4.69) is 5.32 Å².